The van der Waals surface area contributed by atoms with E-state index in [1.165, 1.54) is 6.42 Å². The zero-order valence-electron chi connectivity index (χ0n) is 6.97. The van der Waals surface area contributed by atoms with E-state index >= 15 is 0 Å². The smallest absolute Gasteiger partial charge is 0.237 e. The van der Waals surface area contributed by atoms with Gasteiger partial charge in [0.15, 0.2) is 0 Å². The van der Waals surface area contributed by atoms with Crippen molar-refractivity contribution in [3.8, 4) is 0 Å². The fraction of sp³-hybridized carbons (Fsp3) is 0.875. The van der Waals surface area contributed by atoms with Gasteiger partial charge in [-0.05, 0) is 18.8 Å². The van der Waals surface area contributed by atoms with Crippen LogP contribution in [0.4, 0.5) is 0 Å². The first-order valence-corrected chi connectivity index (χ1v) is 4.13. The monoisotopic (exact) mass is 156 g/mol. The van der Waals surface area contributed by atoms with Gasteiger partial charge in [0.25, 0.3) is 0 Å². The number of rotatable bonds is 1. The van der Waals surface area contributed by atoms with Crippen LogP contribution in [-0.2, 0) is 4.79 Å². The summed E-state index contributed by atoms with van der Waals surface area (Å²) in [7, 11) is 0. The van der Waals surface area contributed by atoms with Gasteiger partial charge < -0.3 is 11.5 Å². The molecule has 0 aromatic heterocycles. The maximum absolute atomic E-state index is 10.9. The van der Waals surface area contributed by atoms with Crippen molar-refractivity contribution in [2.75, 3.05) is 0 Å². The largest absolute Gasteiger partial charge is 0.368 e. The SMILES string of the molecule is CC1CCCC(N)(C(N)=O)C1. The van der Waals surface area contributed by atoms with Crippen LogP contribution in [0.2, 0.25) is 0 Å². The highest BCUT2D eigenvalue weighted by atomic mass is 16.1. The molecular weight excluding hydrogens is 140 g/mol. The molecule has 4 N–H and O–H groups in total. The van der Waals surface area contributed by atoms with Gasteiger partial charge in [-0.3, -0.25) is 4.79 Å². The Kier molecular flexibility index (Phi) is 2.18. The summed E-state index contributed by atoms with van der Waals surface area (Å²) in [5.41, 5.74) is 10.3. The quantitative estimate of drug-likeness (QED) is 0.576. The fourth-order valence-electron chi connectivity index (χ4n) is 1.82. The van der Waals surface area contributed by atoms with Gasteiger partial charge in [0.2, 0.25) is 5.91 Å². The minimum absolute atomic E-state index is 0.343. The average molecular weight is 156 g/mol. The Morgan fingerprint density at radius 1 is 1.64 bits per heavy atom. The standard InChI is InChI=1S/C8H16N2O/c1-6-3-2-4-8(10,5-6)7(9)11/h6H,2-5,10H2,1H3,(H2,9,11). The van der Waals surface area contributed by atoms with E-state index in [0.29, 0.717) is 5.92 Å². The molecule has 0 spiro atoms. The minimum atomic E-state index is -0.711. The molecule has 11 heavy (non-hydrogen) atoms. The third kappa shape index (κ3) is 1.71. The van der Waals surface area contributed by atoms with E-state index in [1.807, 2.05) is 0 Å². The van der Waals surface area contributed by atoms with Crippen molar-refractivity contribution < 1.29 is 4.79 Å². The van der Waals surface area contributed by atoms with Crippen molar-refractivity contribution >= 4 is 5.91 Å². The molecule has 1 aliphatic carbocycles. The second-order valence-corrected chi connectivity index (χ2v) is 3.72. The zero-order valence-corrected chi connectivity index (χ0v) is 6.97. The summed E-state index contributed by atoms with van der Waals surface area (Å²) in [6.07, 6.45) is 3.71. The molecule has 1 aliphatic rings. The van der Waals surface area contributed by atoms with E-state index in [1.54, 1.807) is 0 Å². The molecular formula is C8H16N2O. The van der Waals surface area contributed by atoms with Crippen LogP contribution in [0.5, 0.6) is 0 Å². The maximum atomic E-state index is 10.9. The molecule has 1 fully saturated rings. The van der Waals surface area contributed by atoms with Crippen molar-refractivity contribution in [3.63, 3.8) is 0 Å². The molecule has 1 amide bonds. The Hall–Kier alpha value is -0.570. The number of hydrogen-bond donors (Lipinski definition) is 2. The molecule has 64 valence electrons. The Labute approximate surface area is 67.1 Å². The summed E-state index contributed by atoms with van der Waals surface area (Å²) >= 11 is 0. The summed E-state index contributed by atoms with van der Waals surface area (Å²) in [6, 6.07) is 0. The van der Waals surface area contributed by atoms with Gasteiger partial charge in [0, 0.05) is 0 Å². The molecule has 0 saturated heterocycles. The normalized spacial score (nSPS) is 38.5. The van der Waals surface area contributed by atoms with Gasteiger partial charge in [0.1, 0.15) is 0 Å². The van der Waals surface area contributed by atoms with Crippen LogP contribution in [0.15, 0.2) is 0 Å². The van der Waals surface area contributed by atoms with Crippen LogP contribution >= 0.6 is 0 Å². The topological polar surface area (TPSA) is 69.1 Å². The molecule has 0 aromatic carbocycles. The highest BCUT2D eigenvalue weighted by Gasteiger charge is 2.35. The average Bonchev–Trinajstić information content (AvgIpc) is 1.86. The minimum Gasteiger partial charge on any atom is -0.368 e. The van der Waals surface area contributed by atoms with Crippen molar-refractivity contribution in [2.24, 2.45) is 17.4 Å². The fourth-order valence-corrected chi connectivity index (χ4v) is 1.82. The first-order valence-electron chi connectivity index (χ1n) is 4.13. The molecule has 2 unspecified atom stereocenters. The van der Waals surface area contributed by atoms with Gasteiger partial charge >= 0.3 is 0 Å². The van der Waals surface area contributed by atoms with E-state index in [-0.39, 0.29) is 5.91 Å². The lowest BCUT2D eigenvalue weighted by molar-refractivity contribution is -0.124. The number of carbonyl (C=O) groups is 1. The third-order valence-electron chi connectivity index (χ3n) is 2.52. The van der Waals surface area contributed by atoms with E-state index in [2.05, 4.69) is 6.92 Å². The first-order chi connectivity index (χ1) is 5.04. The summed E-state index contributed by atoms with van der Waals surface area (Å²) in [5.74, 6) is 0.199. The Bertz CT molecular complexity index is 169. The molecule has 1 rings (SSSR count). The molecule has 0 aliphatic heterocycles. The lowest BCUT2D eigenvalue weighted by atomic mass is 9.77. The van der Waals surface area contributed by atoms with Gasteiger partial charge in [0.05, 0.1) is 5.54 Å². The van der Waals surface area contributed by atoms with E-state index in [9.17, 15) is 4.79 Å². The van der Waals surface area contributed by atoms with Crippen molar-refractivity contribution in [2.45, 2.75) is 38.1 Å². The van der Waals surface area contributed by atoms with Crippen LogP contribution in [0, 0.1) is 5.92 Å². The molecule has 1 saturated carbocycles. The number of nitrogens with two attached hydrogens (primary N) is 2. The lowest BCUT2D eigenvalue weighted by Gasteiger charge is -2.33. The summed E-state index contributed by atoms with van der Waals surface area (Å²) in [4.78, 5) is 10.9. The third-order valence-corrected chi connectivity index (χ3v) is 2.52. The van der Waals surface area contributed by atoms with Gasteiger partial charge in [-0.2, -0.15) is 0 Å². The van der Waals surface area contributed by atoms with Gasteiger partial charge in [-0.25, -0.2) is 0 Å². The second-order valence-electron chi connectivity index (χ2n) is 3.72. The lowest BCUT2D eigenvalue weighted by Crippen LogP contribution is -2.54. The van der Waals surface area contributed by atoms with Crippen molar-refractivity contribution in [3.05, 3.63) is 0 Å². The van der Waals surface area contributed by atoms with Crippen LogP contribution < -0.4 is 11.5 Å². The van der Waals surface area contributed by atoms with E-state index < -0.39 is 5.54 Å². The molecule has 0 radical (unpaired) electrons. The van der Waals surface area contributed by atoms with Crippen molar-refractivity contribution in [1.29, 1.82) is 0 Å². The summed E-state index contributed by atoms with van der Waals surface area (Å²) in [6.45, 7) is 2.11. The molecule has 0 bridgehead atoms. The molecule has 3 heteroatoms. The Balaban J connectivity index is 2.63. The molecule has 0 heterocycles. The van der Waals surface area contributed by atoms with Gasteiger partial charge in [-0.15, -0.1) is 0 Å². The van der Waals surface area contributed by atoms with E-state index in [4.69, 9.17) is 11.5 Å². The summed E-state index contributed by atoms with van der Waals surface area (Å²) in [5, 5.41) is 0. The predicted molar refractivity (Wildman–Crippen MR) is 43.7 cm³/mol. The number of amides is 1. The van der Waals surface area contributed by atoms with Crippen LogP contribution in [0.3, 0.4) is 0 Å². The number of hydrogen-bond acceptors (Lipinski definition) is 2. The van der Waals surface area contributed by atoms with Crippen LogP contribution in [0.1, 0.15) is 32.6 Å². The summed E-state index contributed by atoms with van der Waals surface area (Å²) < 4.78 is 0. The van der Waals surface area contributed by atoms with Crippen LogP contribution in [-0.4, -0.2) is 11.4 Å². The first kappa shape index (κ1) is 8.53. The van der Waals surface area contributed by atoms with Crippen molar-refractivity contribution in [1.82, 2.24) is 0 Å². The number of carbonyl (C=O) groups excluding carboxylic acids is 1. The molecule has 0 aromatic rings. The zero-order chi connectivity index (χ0) is 8.48. The number of primary amides is 1. The Morgan fingerprint density at radius 3 is 2.64 bits per heavy atom. The van der Waals surface area contributed by atoms with E-state index in [0.717, 1.165) is 19.3 Å². The molecule has 3 nitrogen and oxygen atoms in total. The highest BCUT2D eigenvalue weighted by molar-refractivity contribution is 5.84. The molecule has 2 atom stereocenters. The second kappa shape index (κ2) is 2.81. The Morgan fingerprint density at radius 2 is 2.27 bits per heavy atom. The maximum Gasteiger partial charge on any atom is 0.237 e. The highest BCUT2D eigenvalue weighted by Crippen LogP contribution is 2.29. The van der Waals surface area contributed by atoms with Gasteiger partial charge in [-0.1, -0.05) is 19.8 Å². The predicted octanol–water partition coefficient (Wildman–Crippen LogP) is 0.379. The van der Waals surface area contributed by atoms with Crippen LogP contribution in [0.25, 0.3) is 0 Å².